The average Bonchev–Trinajstić information content (AvgIpc) is 3.64. The molecule has 3 fully saturated rings. The summed E-state index contributed by atoms with van der Waals surface area (Å²) in [5.74, 6) is 1.86. The molecule has 1 saturated carbocycles. The minimum atomic E-state index is 0.0524. The van der Waals surface area contributed by atoms with Crippen LogP contribution in [-0.4, -0.2) is 50.9 Å². The largest absolute Gasteiger partial charge is 0.336 e. The lowest BCUT2D eigenvalue weighted by Gasteiger charge is -2.21. The molecular weight excluding hydrogens is 414 g/mol. The zero-order chi connectivity index (χ0) is 22.4. The summed E-state index contributed by atoms with van der Waals surface area (Å²) in [4.78, 5) is 38.7. The standard InChI is InChI=1S/C26H29N5O2/c32-23-8-4-15-30(23)20-11-9-19(10-12-20)26(33)29-16-13-21(17-29)31-24(18-5-1-2-6-18)28-22-7-3-14-27-25(22)31/h3,7,9-12,14,18,21H,1-2,4-6,8,13,15-17H2. The lowest BCUT2D eigenvalue weighted by molar-refractivity contribution is -0.117. The normalized spacial score (nSPS) is 21.6. The van der Waals surface area contributed by atoms with Crippen molar-refractivity contribution in [2.75, 3.05) is 24.5 Å². The van der Waals surface area contributed by atoms with Gasteiger partial charge in [0.15, 0.2) is 5.65 Å². The Labute approximate surface area is 193 Å². The highest BCUT2D eigenvalue weighted by Crippen LogP contribution is 2.38. The van der Waals surface area contributed by atoms with Gasteiger partial charge in [0.25, 0.3) is 5.91 Å². The van der Waals surface area contributed by atoms with E-state index in [2.05, 4.69) is 9.55 Å². The molecule has 1 aromatic carbocycles. The number of nitrogens with zero attached hydrogens (tertiary/aromatic N) is 5. The topological polar surface area (TPSA) is 71.3 Å². The number of rotatable bonds is 4. The lowest BCUT2D eigenvalue weighted by Crippen LogP contribution is -2.29. The molecule has 2 amide bonds. The molecule has 1 atom stereocenters. The Kier molecular flexibility index (Phi) is 5.12. The fourth-order valence-corrected chi connectivity index (χ4v) is 5.80. The van der Waals surface area contributed by atoms with E-state index in [4.69, 9.17) is 4.98 Å². The first-order valence-corrected chi connectivity index (χ1v) is 12.2. The van der Waals surface area contributed by atoms with Gasteiger partial charge in [0, 0.05) is 49.4 Å². The Morgan fingerprint density at radius 2 is 1.79 bits per heavy atom. The van der Waals surface area contributed by atoms with Gasteiger partial charge in [0.2, 0.25) is 5.91 Å². The molecule has 0 N–H and O–H groups in total. The number of benzene rings is 1. The van der Waals surface area contributed by atoms with Crippen LogP contribution in [0.25, 0.3) is 11.2 Å². The van der Waals surface area contributed by atoms with Crippen molar-refractivity contribution in [1.82, 2.24) is 19.4 Å². The molecule has 3 aromatic rings. The fraction of sp³-hybridized carbons (Fsp3) is 0.462. The number of amides is 2. The third-order valence-electron chi connectivity index (χ3n) is 7.51. The van der Waals surface area contributed by atoms with Gasteiger partial charge in [0.1, 0.15) is 11.3 Å². The van der Waals surface area contributed by atoms with Gasteiger partial charge in [-0.05, 0) is 62.1 Å². The second kappa shape index (κ2) is 8.28. The molecule has 7 heteroatoms. The fourth-order valence-electron chi connectivity index (χ4n) is 5.80. The minimum absolute atomic E-state index is 0.0524. The molecule has 0 radical (unpaired) electrons. The summed E-state index contributed by atoms with van der Waals surface area (Å²) in [6.45, 7) is 2.16. The van der Waals surface area contributed by atoms with E-state index in [0.29, 0.717) is 24.4 Å². The van der Waals surface area contributed by atoms with Crippen LogP contribution in [0.2, 0.25) is 0 Å². The molecule has 2 aliphatic heterocycles. The summed E-state index contributed by atoms with van der Waals surface area (Å²) >= 11 is 0. The Bertz CT molecular complexity index is 1200. The van der Waals surface area contributed by atoms with Crippen molar-refractivity contribution in [3.05, 3.63) is 54.0 Å². The molecular formula is C26H29N5O2. The smallest absolute Gasteiger partial charge is 0.253 e. The quantitative estimate of drug-likeness (QED) is 0.603. The molecule has 170 valence electrons. The maximum absolute atomic E-state index is 13.3. The summed E-state index contributed by atoms with van der Waals surface area (Å²) in [5, 5.41) is 0. The van der Waals surface area contributed by atoms with Crippen LogP contribution in [0.5, 0.6) is 0 Å². The highest BCUT2D eigenvalue weighted by atomic mass is 16.2. The first-order valence-electron chi connectivity index (χ1n) is 12.2. The van der Waals surface area contributed by atoms with Gasteiger partial charge < -0.3 is 14.4 Å². The maximum Gasteiger partial charge on any atom is 0.253 e. The average molecular weight is 444 g/mol. The van der Waals surface area contributed by atoms with Crippen molar-refractivity contribution >= 4 is 28.7 Å². The van der Waals surface area contributed by atoms with E-state index < -0.39 is 0 Å². The number of hydrogen-bond acceptors (Lipinski definition) is 4. The van der Waals surface area contributed by atoms with Crippen molar-refractivity contribution in [1.29, 1.82) is 0 Å². The van der Waals surface area contributed by atoms with Crippen molar-refractivity contribution < 1.29 is 9.59 Å². The Hall–Kier alpha value is -3.22. The molecule has 1 aliphatic carbocycles. The Balaban J connectivity index is 1.23. The predicted molar refractivity (Wildman–Crippen MR) is 126 cm³/mol. The lowest BCUT2D eigenvalue weighted by atomic mass is 10.1. The molecule has 6 rings (SSSR count). The summed E-state index contributed by atoms with van der Waals surface area (Å²) in [7, 11) is 0. The molecule has 2 aromatic heterocycles. The van der Waals surface area contributed by atoms with E-state index in [-0.39, 0.29) is 17.9 Å². The van der Waals surface area contributed by atoms with Crippen LogP contribution in [0.3, 0.4) is 0 Å². The Morgan fingerprint density at radius 1 is 0.970 bits per heavy atom. The number of fused-ring (bicyclic) bond motifs is 1. The van der Waals surface area contributed by atoms with Crippen LogP contribution in [0.4, 0.5) is 5.69 Å². The number of anilines is 1. The van der Waals surface area contributed by atoms with Crippen molar-refractivity contribution in [3.8, 4) is 0 Å². The molecule has 0 bridgehead atoms. The van der Waals surface area contributed by atoms with Gasteiger partial charge >= 0.3 is 0 Å². The SMILES string of the molecule is O=C(c1ccc(N2CCCC2=O)cc1)N1CCC(n2c(C3CCCC3)nc3cccnc32)C1. The number of carbonyl (C=O) groups excluding carboxylic acids is 2. The van der Waals surface area contributed by atoms with Crippen LogP contribution < -0.4 is 4.90 Å². The number of aromatic nitrogens is 3. The Morgan fingerprint density at radius 3 is 2.55 bits per heavy atom. The van der Waals surface area contributed by atoms with Crippen LogP contribution >= 0.6 is 0 Å². The molecule has 4 heterocycles. The number of carbonyl (C=O) groups is 2. The molecule has 2 saturated heterocycles. The van der Waals surface area contributed by atoms with E-state index in [1.54, 1.807) is 0 Å². The van der Waals surface area contributed by atoms with Gasteiger partial charge in [-0.1, -0.05) is 12.8 Å². The number of pyridine rings is 1. The molecule has 3 aliphatic rings. The second-order valence-electron chi connectivity index (χ2n) is 9.56. The van der Waals surface area contributed by atoms with Crippen LogP contribution in [0.1, 0.15) is 73.1 Å². The number of likely N-dealkylation sites (tertiary alicyclic amines) is 1. The van der Waals surface area contributed by atoms with Crippen molar-refractivity contribution in [2.24, 2.45) is 0 Å². The molecule has 7 nitrogen and oxygen atoms in total. The van der Waals surface area contributed by atoms with Crippen LogP contribution in [0, 0.1) is 0 Å². The third kappa shape index (κ3) is 3.59. The summed E-state index contributed by atoms with van der Waals surface area (Å²) < 4.78 is 2.33. The maximum atomic E-state index is 13.3. The zero-order valence-corrected chi connectivity index (χ0v) is 18.8. The van der Waals surface area contributed by atoms with Gasteiger partial charge in [0.05, 0.1) is 6.04 Å². The molecule has 33 heavy (non-hydrogen) atoms. The highest BCUT2D eigenvalue weighted by Gasteiger charge is 2.33. The minimum Gasteiger partial charge on any atom is -0.336 e. The van der Waals surface area contributed by atoms with E-state index in [0.717, 1.165) is 48.6 Å². The van der Waals surface area contributed by atoms with Gasteiger partial charge in [-0.25, -0.2) is 9.97 Å². The monoisotopic (exact) mass is 443 g/mol. The predicted octanol–water partition coefficient (Wildman–Crippen LogP) is 4.30. The van der Waals surface area contributed by atoms with Gasteiger partial charge in [-0.3, -0.25) is 9.59 Å². The van der Waals surface area contributed by atoms with Crippen molar-refractivity contribution in [3.63, 3.8) is 0 Å². The van der Waals surface area contributed by atoms with Crippen molar-refractivity contribution in [2.45, 2.75) is 56.9 Å². The van der Waals surface area contributed by atoms with E-state index in [1.165, 1.54) is 25.7 Å². The second-order valence-corrected chi connectivity index (χ2v) is 9.56. The van der Waals surface area contributed by atoms with Gasteiger partial charge in [-0.15, -0.1) is 0 Å². The summed E-state index contributed by atoms with van der Waals surface area (Å²) in [6.07, 6.45) is 9.14. The van der Waals surface area contributed by atoms with Crippen LogP contribution in [-0.2, 0) is 4.79 Å². The third-order valence-corrected chi connectivity index (χ3v) is 7.51. The number of hydrogen-bond donors (Lipinski definition) is 0. The first-order chi connectivity index (χ1) is 16.2. The first kappa shape index (κ1) is 20.4. The zero-order valence-electron chi connectivity index (χ0n) is 18.8. The van der Waals surface area contributed by atoms with E-state index >= 15 is 0 Å². The van der Waals surface area contributed by atoms with Gasteiger partial charge in [-0.2, -0.15) is 0 Å². The van der Waals surface area contributed by atoms with Crippen LogP contribution in [0.15, 0.2) is 42.6 Å². The molecule has 1 unspecified atom stereocenters. The summed E-state index contributed by atoms with van der Waals surface area (Å²) in [5.41, 5.74) is 3.45. The van der Waals surface area contributed by atoms with E-state index in [9.17, 15) is 9.59 Å². The highest BCUT2D eigenvalue weighted by molar-refractivity contribution is 5.97. The molecule has 0 spiro atoms. The number of imidazole rings is 1. The summed E-state index contributed by atoms with van der Waals surface area (Å²) in [6, 6.07) is 11.7. The van der Waals surface area contributed by atoms with E-state index in [1.807, 2.05) is 52.4 Å².